The summed E-state index contributed by atoms with van der Waals surface area (Å²) in [4.78, 5) is 20.5. The summed E-state index contributed by atoms with van der Waals surface area (Å²) in [6.45, 7) is 6.10. The van der Waals surface area contributed by atoms with Crippen LogP contribution in [-0.4, -0.2) is 36.1 Å². The van der Waals surface area contributed by atoms with Crippen molar-refractivity contribution in [2.45, 2.75) is 38.0 Å². The quantitative estimate of drug-likeness (QED) is 0.467. The van der Waals surface area contributed by atoms with Crippen molar-refractivity contribution in [2.24, 2.45) is 10.7 Å². The molecule has 1 aromatic heterocycles. The molecule has 0 radical (unpaired) electrons. The van der Waals surface area contributed by atoms with Gasteiger partial charge in [0.1, 0.15) is 17.1 Å². The maximum absolute atomic E-state index is 14.8. The lowest BCUT2D eigenvalue weighted by Crippen LogP contribution is -2.39. The van der Waals surface area contributed by atoms with Crippen LogP contribution in [0.15, 0.2) is 35.5 Å². The zero-order chi connectivity index (χ0) is 23.6. The molecule has 0 fully saturated rings. The van der Waals surface area contributed by atoms with Crippen molar-refractivity contribution in [2.75, 3.05) is 11.1 Å². The number of hydrogen-bond acceptors (Lipinski definition) is 5. The Kier molecular flexibility index (Phi) is 7.35. The molecule has 168 valence electrons. The number of anilines is 1. The van der Waals surface area contributed by atoms with E-state index in [1.165, 1.54) is 31.3 Å². The van der Waals surface area contributed by atoms with E-state index in [9.17, 15) is 17.6 Å². The number of aromatic nitrogens is 1. The van der Waals surface area contributed by atoms with Crippen LogP contribution < -0.4 is 11.1 Å². The zero-order valence-corrected chi connectivity index (χ0v) is 19.7. The minimum absolute atomic E-state index is 0.0428. The maximum Gasteiger partial charge on any atom is 0.275 e. The van der Waals surface area contributed by atoms with Gasteiger partial charge in [0.2, 0.25) is 0 Å². The molecule has 1 aromatic carbocycles. The minimum Gasteiger partial charge on any atom is -0.390 e. The summed E-state index contributed by atoms with van der Waals surface area (Å²) in [5.41, 5.74) is 3.99. The van der Waals surface area contributed by atoms with Gasteiger partial charge in [-0.25, -0.2) is 17.8 Å². The standard InChI is InChI=1S/C20H23Cl2FN4O3S/c1-19(2,3)31(29,30)10-20(4,26-11-24)14-8-13(5-6-16(14)23)27-18(28)17-15(22)7-12(21)9-25-17/h5-9,11H,10H2,1-4H3,(H2,24,26)(H,27,28)/t20-/m0/s1. The second kappa shape index (κ2) is 9.10. The van der Waals surface area contributed by atoms with Crippen LogP contribution in [0.4, 0.5) is 10.1 Å². The number of amides is 1. The van der Waals surface area contributed by atoms with Gasteiger partial charge in [0.25, 0.3) is 5.91 Å². The molecule has 1 heterocycles. The predicted octanol–water partition coefficient (Wildman–Crippen LogP) is 4.20. The first kappa shape index (κ1) is 25.0. The summed E-state index contributed by atoms with van der Waals surface area (Å²) in [6, 6.07) is 5.11. The molecule has 1 amide bonds. The molecule has 0 bridgehead atoms. The number of pyridine rings is 1. The van der Waals surface area contributed by atoms with Crippen LogP contribution in [0.25, 0.3) is 0 Å². The van der Waals surface area contributed by atoms with Crippen molar-refractivity contribution < 1.29 is 17.6 Å². The van der Waals surface area contributed by atoms with Gasteiger partial charge in [0.05, 0.1) is 26.9 Å². The normalized spacial score (nSPS) is 14.4. The molecule has 0 saturated carbocycles. The fourth-order valence-electron chi connectivity index (χ4n) is 2.72. The van der Waals surface area contributed by atoms with Crippen LogP contribution in [-0.2, 0) is 15.4 Å². The molecule has 31 heavy (non-hydrogen) atoms. The number of sulfone groups is 1. The molecule has 3 N–H and O–H groups in total. The number of carbonyl (C=O) groups excluding carboxylic acids is 1. The van der Waals surface area contributed by atoms with Gasteiger partial charge in [-0.2, -0.15) is 0 Å². The molecule has 0 aliphatic heterocycles. The van der Waals surface area contributed by atoms with Crippen LogP contribution in [0, 0.1) is 5.82 Å². The molecule has 11 heteroatoms. The smallest absolute Gasteiger partial charge is 0.275 e. The number of nitrogens with one attached hydrogen (secondary N) is 1. The molecule has 0 unspecified atom stereocenters. The largest absolute Gasteiger partial charge is 0.390 e. The highest BCUT2D eigenvalue weighted by Gasteiger charge is 2.40. The Morgan fingerprint density at radius 1 is 1.26 bits per heavy atom. The molecular weight excluding hydrogens is 466 g/mol. The average molecular weight is 489 g/mol. The first-order valence-corrected chi connectivity index (χ1v) is 11.5. The molecule has 1 atom stereocenters. The van der Waals surface area contributed by atoms with E-state index in [2.05, 4.69) is 15.3 Å². The third-order valence-corrected chi connectivity index (χ3v) is 7.89. The second-order valence-electron chi connectivity index (χ2n) is 8.06. The van der Waals surface area contributed by atoms with Crippen molar-refractivity contribution >= 4 is 51.0 Å². The molecular formula is C20H23Cl2FN4O3S. The molecule has 0 aliphatic rings. The Balaban J connectivity index is 2.46. The Hall–Kier alpha value is -2.23. The summed E-state index contributed by atoms with van der Waals surface area (Å²) in [6.07, 6.45) is 2.20. The number of aliphatic imine (C=N–C) groups is 1. The lowest BCUT2D eigenvalue weighted by Gasteiger charge is -2.30. The van der Waals surface area contributed by atoms with Crippen LogP contribution in [0.2, 0.25) is 10.0 Å². The van der Waals surface area contributed by atoms with Gasteiger partial charge < -0.3 is 11.1 Å². The van der Waals surface area contributed by atoms with Gasteiger partial charge in [-0.3, -0.25) is 9.79 Å². The van der Waals surface area contributed by atoms with Gasteiger partial charge in [0, 0.05) is 17.4 Å². The van der Waals surface area contributed by atoms with Gasteiger partial charge in [-0.15, -0.1) is 0 Å². The number of nitrogens with zero attached hydrogens (tertiary/aromatic N) is 2. The summed E-state index contributed by atoms with van der Waals surface area (Å²) < 4.78 is 39.3. The van der Waals surface area contributed by atoms with Gasteiger partial charge >= 0.3 is 0 Å². The van der Waals surface area contributed by atoms with Crippen molar-refractivity contribution in [1.82, 2.24) is 4.98 Å². The predicted molar refractivity (Wildman–Crippen MR) is 122 cm³/mol. The van der Waals surface area contributed by atoms with Crippen LogP contribution in [0.1, 0.15) is 43.7 Å². The van der Waals surface area contributed by atoms with Crippen LogP contribution in [0.5, 0.6) is 0 Å². The third-order valence-electron chi connectivity index (χ3n) is 4.59. The van der Waals surface area contributed by atoms with Gasteiger partial charge in [0.15, 0.2) is 9.84 Å². The van der Waals surface area contributed by atoms with E-state index < -0.39 is 37.6 Å². The highest BCUT2D eigenvalue weighted by molar-refractivity contribution is 7.92. The minimum atomic E-state index is -3.69. The van der Waals surface area contributed by atoms with Crippen LogP contribution in [0.3, 0.4) is 0 Å². The van der Waals surface area contributed by atoms with E-state index in [4.69, 9.17) is 28.9 Å². The number of rotatable bonds is 6. The number of benzene rings is 1. The Bertz CT molecular complexity index is 1130. The number of carbonyl (C=O) groups is 1. The summed E-state index contributed by atoms with van der Waals surface area (Å²) in [5.74, 6) is -1.83. The number of nitrogens with two attached hydrogens (primary N) is 1. The lowest BCUT2D eigenvalue weighted by molar-refractivity contribution is 0.102. The average Bonchev–Trinajstić information content (AvgIpc) is 2.61. The summed E-state index contributed by atoms with van der Waals surface area (Å²) in [7, 11) is -3.69. The first-order chi connectivity index (χ1) is 14.2. The van der Waals surface area contributed by atoms with E-state index >= 15 is 0 Å². The summed E-state index contributed by atoms with van der Waals surface area (Å²) in [5, 5.41) is 2.87. The lowest BCUT2D eigenvalue weighted by atomic mass is 9.93. The molecule has 0 spiro atoms. The van der Waals surface area contributed by atoms with Crippen molar-refractivity contribution in [3.05, 3.63) is 57.6 Å². The van der Waals surface area contributed by atoms with E-state index in [0.29, 0.717) is 0 Å². The molecule has 2 rings (SSSR count). The van der Waals surface area contributed by atoms with Gasteiger partial charge in [-0.05, 0) is 52.0 Å². The van der Waals surface area contributed by atoms with Crippen molar-refractivity contribution in [3.8, 4) is 0 Å². The monoisotopic (exact) mass is 488 g/mol. The molecule has 7 nitrogen and oxygen atoms in total. The SMILES string of the molecule is CC(C)(C)S(=O)(=O)C[C@](C)(N=CN)c1cc(NC(=O)c2ncc(Cl)cc2Cl)ccc1F. The first-order valence-electron chi connectivity index (χ1n) is 9.10. The number of hydrogen-bond donors (Lipinski definition) is 2. The Labute approximate surface area is 190 Å². The highest BCUT2D eigenvalue weighted by atomic mass is 35.5. The third kappa shape index (κ3) is 5.72. The van der Waals surface area contributed by atoms with E-state index in [1.54, 1.807) is 20.8 Å². The fourth-order valence-corrected chi connectivity index (χ4v) is 4.59. The van der Waals surface area contributed by atoms with E-state index in [1.807, 2.05) is 0 Å². The fraction of sp³-hybridized carbons (Fsp3) is 0.350. The molecule has 0 saturated heterocycles. The van der Waals surface area contributed by atoms with E-state index in [-0.39, 0.29) is 27.0 Å². The van der Waals surface area contributed by atoms with Crippen molar-refractivity contribution in [1.29, 1.82) is 0 Å². The Morgan fingerprint density at radius 2 is 1.90 bits per heavy atom. The number of halogens is 3. The summed E-state index contributed by atoms with van der Waals surface area (Å²) >= 11 is 11.8. The second-order valence-corrected chi connectivity index (χ2v) is 11.6. The maximum atomic E-state index is 14.8. The van der Waals surface area contributed by atoms with Crippen molar-refractivity contribution in [3.63, 3.8) is 0 Å². The molecule has 2 aromatic rings. The highest BCUT2D eigenvalue weighted by Crippen LogP contribution is 2.34. The topological polar surface area (TPSA) is 115 Å². The van der Waals surface area contributed by atoms with Gasteiger partial charge in [-0.1, -0.05) is 23.2 Å². The van der Waals surface area contributed by atoms with Crippen LogP contribution >= 0.6 is 23.2 Å². The van der Waals surface area contributed by atoms with E-state index in [0.717, 1.165) is 12.4 Å². The Morgan fingerprint density at radius 3 is 2.45 bits per heavy atom. The zero-order valence-electron chi connectivity index (χ0n) is 17.4. The molecule has 0 aliphatic carbocycles.